The largest absolute Gasteiger partial charge is 0.456 e. The van der Waals surface area contributed by atoms with Gasteiger partial charge in [0.25, 0.3) is 0 Å². The summed E-state index contributed by atoms with van der Waals surface area (Å²) < 4.78 is 11.3. The number of hydrogen-bond acceptors (Lipinski definition) is 1. The number of para-hydroxylation sites is 3. The number of nitrogens with zero attached hydrogens (tertiary/aromatic N) is 2. The van der Waals surface area contributed by atoms with Crippen LogP contribution >= 0.6 is 0 Å². The van der Waals surface area contributed by atoms with Crippen molar-refractivity contribution in [3.05, 3.63) is 182 Å². The Balaban J connectivity index is 1.27. The van der Waals surface area contributed by atoms with Crippen molar-refractivity contribution >= 4 is 65.6 Å². The van der Waals surface area contributed by atoms with Crippen LogP contribution in [0, 0.1) is 0 Å². The third-order valence-electron chi connectivity index (χ3n) is 10.5. The first kappa shape index (κ1) is 28.0. The van der Waals surface area contributed by atoms with Gasteiger partial charge in [0.2, 0.25) is 0 Å². The zero-order chi connectivity index (χ0) is 33.5. The summed E-state index contributed by atoms with van der Waals surface area (Å²) in [5.74, 6) is 0. The van der Waals surface area contributed by atoms with Crippen LogP contribution in [-0.4, -0.2) is 9.13 Å². The van der Waals surface area contributed by atoms with Crippen LogP contribution in [0.25, 0.3) is 99.2 Å². The molecule has 238 valence electrons. The topological polar surface area (TPSA) is 23.0 Å². The van der Waals surface area contributed by atoms with Gasteiger partial charge in [-0.3, -0.25) is 0 Å². The van der Waals surface area contributed by atoms with Crippen molar-refractivity contribution in [2.75, 3.05) is 0 Å². The summed E-state index contributed by atoms with van der Waals surface area (Å²) in [6.45, 7) is 0. The van der Waals surface area contributed by atoms with Crippen molar-refractivity contribution in [1.82, 2.24) is 9.13 Å². The highest BCUT2D eigenvalue weighted by molar-refractivity contribution is 6.22. The zero-order valence-electron chi connectivity index (χ0n) is 27.6. The molecule has 0 saturated carbocycles. The predicted molar refractivity (Wildman–Crippen MR) is 213 cm³/mol. The van der Waals surface area contributed by atoms with Gasteiger partial charge in [-0.2, -0.15) is 0 Å². The summed E-state index contributed by atoms with van der Waals surface area (Å²) in [7, 11) is 0. The van der Waals surface area contributed by atoms with E-state index in [0.717, 1.165) is 44.3 Å². The molecular weight excluding hydrogens is 621 g/mol. The molecule has 0 radical (unpaired) electrons. The highest BCUT2D eigenvalue weighted by Crippen LogP contribution is 2.43. The highest BCUT2D eigenvalue weighted by Gasteiger charge is 2.21. The Bertz CT molecular complexity index is 3050. The van der Waals surface area contributed by atoms with Gasteiger partial charge in [-0.05, 0) is 82.9 Å². The van der Waals surface area contributed by atoms with E-state index in [9.17, 15) is 0 Å². The van der Waals surface area contributed by atoms with Gasteiger partial charge in [0.15, 0.2) is 0 Å². The number of fused-ring (bicyclic) bond motifs is 9. The van der Waals surface area contributed by atoms with Crippen molar-refractivity contribution in [3.8, 4) is 33.6 Å². The van der Waals surface area contributed by atoms with Gasteiger partial charge in [0, 0.05) is 49.8 Å². The molecule has 0 aliphatic carbocycles. The molecule has 51 heavy (non-hydrogen) atoms. The number of rotatable bonds is 4. The Morgan fingerprint density at radius 1 is 0.275 bits per heavy atom. The Labute approximate surface area is 293 Å². The number of benzene rings is 8. The molecule has 0 amide bonds. The van der Waals surface area contributed by atoms with E-state index in [1.807, 2.05) is 6.07 Å². The molecule has 3 aromatic heterocycles. The van der Waals surface area contributed by atoms with E-state index in [-0.39, 0.29) is 0 Å². The van der Waals surface area contributed by atoms with Gasteiger partial charge >= 0.3 is 0 Å². The van der Waals surface area contributed by atoms with E-state index in [1.165, 1.54) is 54.8 Å². The quantitative estimate of drug-likeness (QED) is 0.186. The highest BCUT2D eigenvalue weighted by atomic mass is 16.3. The first-order valence-corrected chi connectivity index (χ1v) is 17.4. The zero-order valence-corrected chi connectivity index (χ0v) is 27.6. The maximum Gasteiger partial charge on any atom is 0.137 e. The standard InChI is InChI=1S/C48H30N2O/c1-4-14-31(15-5-1)33-24-34(32-16-6-2-7-17-32)26-36(25-33)50-43-22-12-10-20-37(43)39-27-40-41-28-42-38-21-11-13-23-47(38)51-48(42)30-46(41)49(45(40)29-44(39)50)35-18-8-3-9-19-35/h1-30H. The molecule has 3 heterocycles. The van der Waals surface area contributed by atoms with Gasteiger partial charge in [-0.25, -0.2) is 0 Å². The van der Waals surface area contributed by atoms with E-state index in [2.05, 4.69) is 185 Å². The van der Waals surface area contributed by atoms with Crippen molar-refractivity contribution in [2.24, 2.45) is 0 Å². The Morgan fingerprint density at radius 3 is 1.47 bits per heavy atom. The monoisotopic (exact) mass is 650 g/mol. The van der Waals surface area contributed by atoms with Crippen molar-refractivity contribution < 1.29 is 4.42 Å². The molecule has 11 aromatic rings. The molecule has 0 atom stereocenters. The van der Waals surface area contributed by atoms with Crippen LogP contribution in [0.3, 0.4) is 0 Å². The van der Waals surface area contributed by atoms with Crippen LogP contribution in [0.4, 0.5) is 0 Å². The number of hydrogen-bond donors (Lipinski definition) is 0. The van der Waals surface area contributed by atoms with E-state index in [0.29, 0.717) is 0 Å². The molecule has 0 aliphatic heterocycles. The fraction of sp³-hybridized carbons (Fsp3) is 0. The second-order valence-electron chi connectivity index (χ2n) is 13.4. The number of aromatic nitrogens is 2. The summed E-state index contributed by atoms with van der Waals surface area (Å²) in [6.07, 6.45) is 0. The van der Waals surface area contributed by atoms with E-state index < -0.39 is 0 Å². The summed E-state index contributed by atoms with van der Waals surface area (Å²) in [5, 5.41) is 7.17. The molecule has 0 aliphatic rings. The maximum absolute atomic E-state index is 6.42. The lowest BCUT2D eigenvalue weighted by atomic mass is 9.98. The van der Waals surface area contributed by atoms with Crippen LogP contribution in [0.1, 0.15) is 0 Å². The fourth-order valence-electron chi connectivity index (χ4n) is 8.16. The molecule has 0 bridgehead atoms. The van der Waals surface area contributed by atoms with Crippen molar-refractivity contribution in [2.45, 2.75) is 0 Å². The van der Waals surface area contributed by atoms with Crippen LogP contribution in [0.15, 0.2) is 186 Å². The fourth-order valence-corrected chi connectivity index (χ4v) is 8.16. The summed E-state index contributed by atoms with van der Waals surface area (Å²) in [4.78, 5) is 0. The molecule has 0 N–H and O–H groups in total. The van der Waals surface area contributed by atoms with Crippen LogP contribution in [-0.2, 0) is 0 Å². The van der Waals surface area contributed by atoms with Crippen LogP contribution in [0.5, 0.6) is 0 Å². The lowest BCUT2D eigenvalue weighted by Crippen LogP contribution is -1.97. The van der Waals surface area contributed by atoms with Gasteiger partial charge < -0.3 is 13.6 Å². The molecular formula is C48H30N2O. The van der Waals surface area contributed by atoms with Gasteiger partial charge in [0.1, 0.15) is 11.2 Å². The second kappa shape index (κ2) is 10.8. The van der Waals surface area contributed by atoms with Crippen LogP contribution < -0.4 is 0 Å². The minimum absolute atomic E-state index is 0.898. The van der Waals surface area contributed by atoms with Crippen molar-refractivity contribution in [1.29, 1.82) is 0 Å². The lowest BCUT2D eigenvalue weighted by molar-refractivity contribution is 0.669. The third kappa shape index (κ3) is 4.25. The molecule has 11 rings (SSSR count). The van der Waals surface area contributed by atoms with Gasteiger partial charge in [0.05, 0.1) is 22.1 Å². The van der Waals surface area contributed by atoms with Crippen molar-refractivity contribution in [3.63, 3.8) is 0 Å². The van der Waals surface area contributed by atoms with E-state index in [4.69, 9.17) is 4.42 Å². The predicted octanol–water partition coefficient (Wildman–Crippen LogP) is 13.1. The summed E-state index contributed by atoms with van der Waals surface area (Å²) in [6, 6.07) is 65.6. The first-order valence-electron chi connectivity index (χ1n) is 17.4. The van der Waals surface area contributed by atoms with E-state index >= 15 is 0 Å². The van der Waals surface area contributed by atoms with Gasteiger partial charge in [-0.15, -0.1) is 0 Å². The smallest absolute Gasteiger partial charge is 0.137 e. The molecule has 3 nitrogen and oxygen atoms in total. The molecule has 8 aromatic carbocycles. The summed E-state index contributed by atoms with van der Waals surface area (Å²) in [5.41, 5.74) is 13.5. The average Bonchev–Trinajstić information content (AvgIpc) is 3.83. The third-order valence-corrected chi connectivity index (χ3v) is 10.5. The molecule has 3 heteroatoms. The average molecular weight is 651 g/mol. The lowest BCUT2D eigenvalue weighted by Gasteiger charge is -2.14. The SMILES string of the molecule is c1ccc(-c2cc(-c3ccccc3)cc(-n3c4ccccc4c4cc5c6cc7c(cc6n(-c6ccccc6)c5cc43)oc3ccccc37)c2)cc1. The maximum atomic E-state index is 6.42. The van der Waals surface area contributed by atoms with E-state index in [1.54, 1.807) is 0 Å². The van der Waals surface area contributed by atoms with Gasteiger partial charge in [-0.1, -0.05) is 115 Å². The molecule has 0 unspecified atom stereocenters. The summed E-state index contributed by atoms with van der Waals surface area (Å²) >= 11 is 0. The molecule has 0 spiro atoms. The normalized spacial score (nSPS) is 11.9. The Morgan fingerprint density at radius 2 is 0.784 bits per heavy atom. The van der Waals surface area contributed by atoms with Crippen LogP contribution in [0.2, 0.25) is 0 Å². The molecule has 0 fully saturated rings. The Kier molecular flexibility index (Phi) is 5.96. The second-order valence-corrected chi connectivity index (χ2v) is 13.4. The molecule has 0 saturated heterocycles. The first-order chi connectivity index (χ1) is 25.3. The minimum Gasteiger partial charge on any atom is -0.456 e. The Hall–Kier alpha value is -6.84. The minimum atomic E-state index is 0.898. The number of furan rings is 1.